The van der Waals surface area contributed by atoms with Crippen molar-refractivity contribution in [3.8, 4) is 50.4 Å². The monoisotopic (exact) mass is 1090 g/mol. The Labute approximate surface area is 498 Å². The molecule has 3 heterocycles. The van der Waals surface area contributed by atoms with Crippen LogP contribution in [-0.4, -0.2) is 13.7 Å². The summed E-state index contributed by atoms with van der Waals surface area (Å²) in [5.74, 6) is 0. The zero-order valence-corrected chi connectivity index (χ0v) is 49.0. The van der Waals surface area contributed by atoms with Crippen LogP contribution < -0.4 is 0 Å². The van der Waals surface area contributed by atoms with Gasteiger partial charge in [0.15, 0.2) is 0 Å². The zero-order valence-electron chi connectivity index (χ0n) is 49.0. The Bertz CT molecular complexity index is 5030. The van der Waals surface area contributed by atoms with Crippen LogP contribution in [0.1, 0.15) is 74.8 Å². The lowest BCUT2D eigenvalue weighted by Crippen LogP contribution is -2.26. The van der Waals surface area contributed by atoms with Gasteiger partial charge in [-0.05, 0) is 166 Å². The van der Waals surface area contributed by atoms with E-state index in [9.17, 15) is 0 Å². The molecular weight excluding hydrogens is 1030 g/mol. The van der Waals surface area contributed by atoms with Crippen LogP contribution in [0.5, 0.6) is 0 Å². The van der Waals surface area contributed by atoms with Crippen LogP contribution >= 0.6 is 0 Å². The maximum atomic E-state index is 2.57. The number of benzene rings is 12. The van der Waals surface area contributed by atoms with Crippen LogP contribution in [0.25, 0.3) is 116 Å². The number of nitrogens with zero attached hydrogens (tertiary/aromatic N) is 3. The average Bonchev–Trinajstić information content (AvgIpc) is 2.63. The molecule has 410 valence electrons. The van der Waals surface area contributed by atoms with E-state index in [0.717, 1.165) is 30.6 Å². The Morgan fingerprint density at radius 1 is 0.282 bits per heavy atom. The van der Waals surface area contributed by atoms with E-state index in [2.05, 4.69) is 327 Å². The van der Waals surface area contributed by atoms with Gasteiger partial charge in [0.05, 0.1) is 33.1 Å². The number of fused-ring (bicyclic) bond motifs is 9. The quantitative estimate of drug-likeness (QED) is 0.109. The van der Waals surface area contributed by atoms with E-state index in [1.807, 2.05) is 0 Å². The molecule has 1 unspecified atom stereocenters. The molecule has 15 rings (SSSR count). The standard InChI is InChI=1S/C82H67N3/c1-6-81(5,61-32-14-10-15-33-61)74-41-26-40-67(55(74)4)60-48-63(82(7-2,8-3)62-34-16-11-17-35-62)51-66(50-60)85-77-44-23-20-39-70(77)73-53-79-72(54-80(73)85)69-38-19-22-43-76(69)84(79)65-45-46-78-71(52-65)68-37-18-21-42-75(68)83(78)64-36-25-31-59(49-64)58-30-24-29-57(47-58)56-27-12-9-13-28-56/h9-54H,6-8H2,1-5H3. The third-order valence-corrected chi connectivity index (χ3v) is 19.4. The summed E-state index contributed by atoms with van der Waals surface area (Å²) < 4.78 is 7.52. The number of para-hydroxylation sites is 3. The molecule has 0 saturated carbocycles. The molecule has 0 spiro atoms. The average molecular weight is 1090 g/mol. The van der Waals surface area contributed by atoms with Gasteiger partial charge < -0.3 is 13.7 Å². The second kappa shape index (κ2) is 20.7. The van der Waals surface area contributed by atoms with Crippen molar-refractivity contribution in [1.29, 1.82) is 0 Å². The van der Waals surface area contributed by atoms with Crippen molar-refractivity contribution in [1.82, 2.24) is 13.7 Å². The van der Waals surface area contributed by atoms with Gasteiger partial charge in [-0.3, -0.25) is 0 Å². The van der Waals surface area contributed by atoms with Gasteiger partial charge in [-0.2, -0.15) is 0 Å². The highest BCUT2D eigenvalue weighted by atomic mass is 15.0. The summed E-state index contributed by atoms with van der Waals surface area (Å²) in [5, 5.41) is 7.36. The molecule has 0 amide bonds. The van der Waals surface area contributed by atoms with E-state index in [1.165, 1.54) is 132 Å². The van der Waals surface area contributed by atoms with E-state index in [0.29, 0.717) is 0 Å². The van der Waals surface area contributed by atoms with Gasteiger partial charge in [-0.15, -0.1) is 0 Å². The zero-order chi connectivity index (χ0) is 57.4. The molecule has 3 aromatic heterocycles. The summed E-state index contributed by atoms with van der Waals surface area (Å²) in [5.41, 5.74) is 24.2. The molecule has 0 aliphatic rings. The molecule has 0 radical (unpaired) electrons. The maximum absolute atomic E-state index is 2.57. The van der Waals surface area contributed by atoms with Crippen molar-refractivity contribution in [2.75, 3.05) is 0 Å². The molecule has 12 aromatic carbocycles. The minimum absolute atomic E-state index is 0.158. The van der Waals surface area contributed by atoms with Crippen LogP contribution in [0.3, 0.4) is 0 Å². The highest BCUT2D eigenvalue weighted by molar-refractivity contribution is 6.19. The van der Waals surface area contributed by atoms with E-state index < -0.39 is 0 Å². The lowest BCUT2D eigenvalue weighted by atomic mass is 9.69. The SMILES string of the molecule is CCC(C)(c1ccccc1)c1cccc(-c2cc(-n3c4ccccc4c4cc5c(cc43)c3ccccc3n5-c3ccc4c(c3)c3ccccc3n4-c3cccc(-c4cccc(-c5ccccc5)c4)c3)cc(C(CC)(CC)c3ccccc3)c2)c1C. The van der Waals surface area contributed by atoms with Crippen LogP contribution in [0.4, 0.5) is 0 Å². The van der Waals surface area contributed by atoms with Crippen LogP contribution in [0, 0.1) is 6.92 Å². The Hall–Kier alpha value is -9.96. The summed E-state index contributed by atoms with van der Waals surface area (Å²) in [6, 6.07) is 104. The fourth-order valence-electron chi connectivity index (χ4n) is 14.8. The number of rotatable bonds is 13. The second-order valence-corrected chi connectivity index (χ2v) is 23.6. The first kappa shape index (κ1) is 51.9. The first-order valence-electron chi connectivity index (χ1n) is 30.4. The highest BCUT2D eigenvalue weighted by Gasteiger charge is 2.34. The van der Waals surface area contributed by atoms with E-state index >= 15 is 0 Å². The Morgan fingerprint density at radius 2 is 0.729 bits per heavy atom. The molecule has 0 N–H and O–H groups in total. The first-order valence-corrected chi connectivity index (χ1v) is 30.4. The topological polar surface area (TPSA) is 14.8 Å². The summed E-state index contributed by atoms with van der Waals surface area (Å²) in [6.07, 6.45) is 2.92. The number of hydrogen-bond donors (Lipinski definition) is 0. The lowest BCUT2D eigenvalue weighted by molar-refractivity contribution is 0.478. The first-order chi connectivity index (χ1) is 41.8. The van der Waals surface area contributed by atoms with Crippen molar-refractivity contribution >= 4 is 65.4 Å². The molecule has 0 aliphatic heterocycles. The molecule has 0 fully saturated rings. The van der Waals surface area contributed by atoms with Gasteiger partial charge in [0.25, 0.3) is 0 Å². The Morgan fingerprint density at radius 3 is 1.33 bits per heavy atom. The number of hydrogen-bond acceptors (Lipinski definition) is 0. The van der Waals surface area contributed by atoms with Crippen molar-refractivity contribution in [2.24, 2.45) is 0 Å². The van der Waals surface area contributed by atoms with Gasteiger partial charge in [0, 0.05) is 60.2 Å². The fraction of sp³-hybridized carbons (Fsp3) is 0.122. The van der Waals surface area contributed by atoms with Crippen LogP contribution in [-0.2, 0) is 10.8 Å². The molecule has 1 atom stereocenters. The van der Waals surface area contributed by atoms with Gasteiger partial charge >= 0.3 is 0 Å². The summed E-state index contributed by atoms with van der Waals surface area (Å²) in [6.45, 7) is 11.8. The smallest absolute Gasteiger partial charge is 0.0548 e. The molecule has 0 bridgehead atoms. The highest BCUT2D eigenvalue weighted by Crippen LogP contribution is 2.47. The predicted molar refractivity (Wildman–Crippen MR) is 361 cm³/mol. The molecule has 0 aliphatic carbocycles. The minimum atomic E-state index is -0.217. The van der Waals surface area contributed by atoms with Crippen LogP contribution in [0.15, 0.2) is 279 Å². The fourth-order valence-corrected chi connectivity index (χ4v) is 14.8. The van der Waals surface area contributed by atoms with Gasteiger partial charge in [-0.1, -0.05) is 228 Å². The van der Waals surface area contributed by atoms with Crippen LogP contribution in [0.2, 0.25) is 0 Å². The molecule has 15 aromatic rings. The molecular formula is C82H67N3. The molecule has 85 heavy (non-hydrogen) atoms. The van der Waals surface area contributed by atoms with Crippen molar-refractivity contribution < 1.29 is 0 Å². The third kappa shape index (κ3) is 8.31. The third-order valence-electron chi connectivity index (χ3n) is 19.4. The summed E-state index contributed by atoms with van der Waals surface area (Å²) in [4.78, 5) is 0. The Kier molecular flexibility index (Phi) is 12.7. The van der Waals surface area contributed by atoms with Crippen molar-refractivity contribution in [2.45, 2.75) is 64.7 Å². The van der Waals surface area contributed by atoms with E-state index in [-0.39, 0.29) is 10.8 Å². The summed E-state index contributed by atoms with van der Waals surface area (Å²) >= 11 is 0. The Balaban J connectivity index is 0.923. The van der Waals surface area contributed by atoms with Crippen molar-refractivity contribution in [3.63, 3.8) is 0 Å². The summed E-state index contributed by atoms with van der Waals surface area (Å²) in [7, 11) is 0. The van der Waals surface area contributed by atoms with Crippen molar-refractivity contribution in [3.05, 3.63) is 307 Å². The van der Waals surface area contributed by atoms with E-state index in [1.54, 1.807) is 0 Å². The number of aromatic nitrogens is 3. The largest absolute Gasteiger partial charge is 0.309 e. The lowest BCUT2D eigenvalue weighted by Gasteiger charge is -2.35. The molecule has 3 heteroatoms. The predicted octanol–water partition coefficient (Wildman–Crippen LogP) is 22.1. The van der Waals surface area contributed by atoms with Gasteiger partial charge in [-0.25, -0.2) is 0 Å². The molecule has 0 saturated heterocycles. The minimum Gasteiger partial charge on any atom is -0.309 e. The normalized spacial score (nSPS) is 12.8. The van der Waals surface area contributed by atoms with Gasteiger partial charge in [0.2, 0.25) is 0 Å². The maximum Gasteiger partial charge on any atom is 0.0548 e. The van der Waals surface area contributed by atoms with E-state index in [4.69, 9.17) is 0 Å². The van der Waals surface area contributed by atoms with Gasteiger partial charge in [0.1, 0.15) is 0 Å². The molecule has 3 nitrogen and oxygen atoms in total. The second-order valence-electron chi connectivity index (χ2n) is 23.6.